The summed E-state index contributed by atoms with van der Waals surface area (Å²) in [4.78, 5) is 0. The summed E-state index contributed by atoms with van der Waals surface area (Å²) in [6, 6.07) is 0. The molecule has 0 aromatic rings. The van der Waals surface area contributed by atoms with E-state index in [0.717, 1.165) is 18.7 Å². The van der Waals surface area contributed by atoms with Crippen molar-refractivity contribution in [3.8, 4) is 0 Å². The van der Waals surface area contributed by atoms with Crippen LogP contribution in [0.2, 0.25) is 0 Å². The first-order chi connectivity index (χ1) is 5.31. The number of rotatable bonds is 4. The Labute approximate surface area is 72.7 Å². The monoisotopic (exact) mass is 157 g/mol. The predicted octanol–water partition coefficient (Wildman–Crippen LogP) is 3.35. The second-order valence-corrected chi connectivity index (χ2v) is 1.95. The molecule has 0 saturated heterocycles. The van der Waals surface area contributed by atoms with Gasteiger partial charge in [-0.15, -0.1) is 0 Å². The minimum Gasteiger partial charge on any atom is -0.386 e. The molecule has 1 nitrogen and oxygen atoms in total. The molecule has 0 rings (SSSR count). The summed E-state index contributed by atoms with van der Waals surface area (Å²) >= 11 is 0. The second-order valence-electron chi connectivity index (χ2n) is 1.95. The van der Waals surface area contributed by atoms with Crippen molar-refractivity contribution >= 4 is 0 Å². The van der Waals surface area contributed by atoms with Crippen LogP contribution in [-0.4, -0.2) is 6.54 Å². The summed E-state index contributed by atoms with van der Waals surface area (Å²) in [7, 11) is 0. The van der Waals surface area contributed by atoms with E-state index in [1.807, 2.05) is 32.9 Å². The first kappa shape index (κ1) is 12.9. The molecule has 68 valence electrons. The van der Waals surface area contributed by atoms with Crippen molar-refractivity contribution in [3.63, 3.8) is 0 Å². The normalized spacial score (nSPS) is 8.73. The van der Waals surface area contributed by atoms with Gasteiger partial charge in [-0.25, -0.2) is 0 Å². The maximum absolute atomic E-state index is 3.78. The highest BCUT2D eigenvalue weighted by molar-refractivity contribution is 5.10. The summed E-state index contributed by atoms with van der Waals surface area (Å²) in [5.74, 6) is 0. The molecule has 0 aromatic heterocycles. The molecular weight excluding hydrogens is 134 g/mol. The molecule has 0 saturated carbocycles. The average Bonchev–Trinajstić information content (AvgIpc) is 2.05. The number of hydrogen-bond acceptors (Lipinski definition) is 1. The molecule has 0 fully saturated rings. The van der Waals surface area contributed by atoms with Gasteiger partial charge in [0.2, 0.25) is 0 Å². The van der Waals surface area contributed by atoms with Gasteiger partial charge in [0, 0.05) is 13.7 Å². The van der Waals surface area contributed by atoms with E-state index in [4.69, 9.17) is 0 Å². The van der Waals surface area contributed by atoms with Crippen LogP contribution in [0.3, 0.4) is 0 Å². The first-order valence-corrected chi connectivity index (χ1v) is 4.36. The zero-order chi connectivity index (χ0) is 9.11. The average molecular weight is 157 g/mol. The van der Waals surface area contributed by atoms with Crippen LogP contribution in [0, 0.1) is 0 Å². The van der Waals surface area contributed by atoms with E-state index in [2.05, 4.69) is 18.8 Å². The van der Waals surface area contributed by atoms with Gasteiger partial charge in [-0.3, -0.25) is 0 Å². The molecule has 0 aliphatic heterocycles. The molecule has 0 aliphatic rings. The zero-order valence-corrected chi connectivity index (χ0v) is 8.28. The largest absolute Gasteiger partial charge is 0.386 e. The van der Waals surface area contributed by atoms with E-state index in [-0.39, 0.29) is 1.43 Å². The van der Waals surface area contributed by atoms with E-state index >= 15 is 0 Å². The fourth-order valence-corrected chi connectivity index (χ4v) is 0.546. The molecule has 0 aromatic carbocycles. The van der Waals surface area contributed by atoms with Gasteiger partial charge in [0.25, 0.3) is 0 Å². The van der Waals surface area contributed by atoms with Crippen LogP contribution in [0.15, 0.2) is 24.4 Å². The molecule has 0 atom stereocenters. The number of nitrogens with one attached hydrogen (secondary N) is 1. The highest BCUT2D eigenvalue weighted by atomic mass is 14.9. The molecule has 0 bridgehead atoms. The van der Waals surface area contributed by atoms with Gasteiger partial charge in [0.1, 0.15) is 0 Å². The molecule has 11 heavy (non-hydrogen) atoms. The number of hydrogen-bond donors (Lipinski definition) is 1. The summed E-state index contributed by atoms with van der Waals surface area (Å²) < 4.78 is 0. The third-order valence-electron chi connectivity index (χ3n) is 0.970. The van der Waals surface area contributed by atoms with Crippen LogP contribution in [0.25, 0.3) is 0 Å². The Kier molecular flexibility index (Phi) is 14.1. The van der Waals surface area contributed by atoms with Gasteiger partial charge >= 0.3 is 0 Å². The fraction of sp³-hybridized carbons (Fsp3) is 0.600. The van der Waals surface area contributed by atoms with Crippen LogP contribution < -0.4 is 5.32 Å². The Morgan fingerprint density at radius 2 is 2.09 bits per heavy atom. The lowest BCUT2D eigenvalue weighted by Crippen LogP contribution is -2.10. The van der Waals surface area contributed by atoms with Crippen molar-refractivity contribution in [1.82, 2.24) is 5.32 Å². The van der Waals surface area contributed by atoms with E-state index in [1.54, 1.807) is 0 Å². The maximum atomic E-state index is 3.78. The Morgan fingerprint density at radius 3 is 2.45 bits per heavy atom. The summed E-state index contributed by atoms with van der Waals surface area (Å²) in [5, 5.41) is 3.15. The van der Waals surface area contributed by atoms with E-state index in [0.29, 0.717) is 0 Å². The standard InChI is InChI=1S/C8H15N.C2H6.H2/c1-4-6-8(3)9-7-5-2;1-2;/h4,6,9H,3,5,7H2,1-2H3;1-2H3;1H/b6-4-;;. The molecule has 0 amide bonds. The highest BCUT2D eigenvalue weighted by Crippen LogP contribution is 1.85. The molecule has 0 spiro atoms. The van der Waals surface area contributed by atoms with Crippen LogP contribution in [-0.2, 0) is 0 Å². The third kappa shape index (κ3) is 12.5. The first-order valence-electron chi connectivity index (χ1n) is 4.36. The van der Waals surface area contributed by atoms with E-state index in [1.165, 1.54) is 0 Å². The second kappa shape index (κ2) is 12.0. The van der Waals surface area contributed by atoms with Gasteiger partial charge in [-0.1, -0.05) is 33.4 Å². The van der Waals surface area contributed by atoms with E-state index < -0.39 is 0 Å². The van der Waals surface area contributed by atoms with E-state index in [9.17, 15) is 0 Å². The minimum absolute atomic E-state index is 0. The molecule has 0 aliphatic carbocycles. The lowest BCUT2D eigenvalue weighted by molar-refractivity contribution is 0.787. The molecule has 0 radical (unpaired) electrons. The maximum Gasteiger partial charge on any atom is 0.0263 e. The summed E-state index contributed by atoms with van der Waals surface area (Å²) in [6.45, 7) is 12.9. The van der Waals surface area contributed by atoms with Gasteiger partial charge in [-0.05, 0) is 19.4 Å². The summed E-state index contributed by atoms with van der Waals surface area (Å²) in [5.41, 5.74) is 0.999. The predicted molar refractivity (Wildman–Crippen MR) is 55.7 cm³/mol. The fourth-order valence-electron chi connectivity index (χ4n) is 0.546. The van der Waals surface area contributed by atoms with Crippen molar-refractivity contribution in [1.29, 1.82) is 0 Å². The van der Waals surface area contributed by atoms with Crippen LogP contribution in [0.4, 0.5) is 0 Å². The quantitative estimate of drug-likeness (QED) is 0.617. The lowest BCUT2D eigenvalue weighted by Gasteiger charge is -2.00. The Morgan fingerprint density at radius 1 is 1.55 bits per heavy atom. The summed E-state index contributed by atoms with van der Waals surface area (Å²) in [6.07, 6.45) is 5.09. The van der Waals surface area contributed by atoms with Gasteiger partial charge in [0.15, 0.2) is 0 Å². The Balaban J connectivity index is -0.000000249. The Hall–Kier alpha value is -0.720. The van der Waals surface area contributed by atoms with Crippen LogP contribution in [0.1, 0.15) is 35.5 Å². The molecular formula is C10H23N. The van der Waals surface area contributed by atoms with Gasteiger partial charge in [0.05, 0.1) is 0 Å². The van der Waals surface area contributed by atoms with Gasteiger partial charge < -0.3 is 5.32 Å². The van der Waals surface area contributed by atoms with Crippen molar-refractivity contribution in [3.05, 3.63) is 24.4 Å². The van der Waals surface area contributed by atoms with Crippen molar-refractivity contribution in [2.24, 2.45) is 0 Å². The lowest BCUT2D eigenvalue weighted by atomic mass is 10.4. The van der Waals surface area contributed by atoms with Gasteiger partial charge in [-0.2, -0.15) is 0 Å². The SMILES string of the molecule is C=C(/C=C\C)NCCC.CC.[HH]. The zero-order valence-electron chi connectivity index (χ0n) is 8.28. The van der Waals surface area contributed by atoms with Crippen molar-refractivity contribution < 1.29 is 1.43 Å². The van der Waals surface area contributed by atoms with Crippen molar-refractivity contribution in [2.75, 3.05) is 6.54 Å². The molecule has 0 unspecified atom stereocenters. The molecule has 0 heterocycles. The Bertz CT molecular complexity index is 108. The number of allylic oxidation sites excluding steroid dienone is 2. The van der Waals surface area contributed by atoms with Crippen LogP contribution in [0.5, 0.6) is 0 Å². The minimum atomic E-state index is 0. The third-order valence-corrected chi connectivity index (χ3v) is 0.970. The van der Waals surface area contributed by atoms with Crippen LogP contribution >= 0.6 is 0 Å². The molecule has 1 heteroatoms. The van der Waals surface area contributed by atoms with Crippen molar-refractivity contribution in [2.45, 2.75) is 34.1 Å². The molecule has 1 N–H and O–H groups in total. The highest BCUT2D eigenvalue weighted by Gasteiger charge is 1.81. The smallest absolute Gasteiger partial charge is 0.0263 e. The topological polar surface area (TPSA) is 12.0 Å².